The molecule has 29 heavy (non-hydrogen) atoms. The van der Waals surface area contributed by atoms with Crippen molar-refractivity contribution in [3.05, 3.63) is 65.2 Å². The van der Waals surface area contributed by atoms with E-state index in [1.165, 1.54) is 11.3 Å². The first-order valence-electron chi connectivity index (χ1n) is 9.71. The molecule has 6 nitrogen and oxygen atoms in total. The van der Waals surface area contributed by atoms with Gasteiger partial charge in [0.1, 0.15) is 14.2 Å². The van der Waals surface area contributed by atoms with Crippen LogP contribution in [-0.2, 0) is 14.4 Å². The van der Waals surface area contributed by atoms with Gasteiger partial charge >= 0.3 is 0 Å². The number of rotatable bonds is 5. The maximum Gasteiger partial charge on any atom is 0.106 e. The molecule has 0 aromatic heterocycles. The van der Waals surface area contributed by atoms with Crippen molar-refractivity contribution in [1.82, 2.24) is 0 Å². The quantitative estimate of drug-likeness (QED) is 0.559. The summed E-state index contributed by atoms with van der Waals surface area (Å²) in [6, 6.07) is 16.6. The summed E-state index contributed by atoms with van der Waals surface area (Å²) in [5, 5.41) is 7.77. The zero-order valence-corrected chi connectivity index (χ0v) is 18.0. The zero-order chi connectivity index (χ0) is 21.1. The average Bonchev–Trinajstić information content (AvgIpc) is 2.75. The molecule has 2 aromatic carbocycles. The molecule has 0 radical (unpaired) electrons. The lowest BCUT2D eigenvalue weighted by Crippen LogP contribution is -2.36. The van der Waals surface area contributed by atoms with Gasteiger partial charge in [0, 0.05) is 18.8 Å². The van der Waals surface area contributed by atoms with Crippen LogP contribution in [0.15, 0.2) is 58.8 Å². The van der Waals surface area contributed by atoms with Crippen molar-refractivity contribution in [2.24, 2.45) is 10.3 Å². The Morgan fingerprint density at radius 1 is 0.862 bits per heavy atom. The summed E-state index contributed by atoms with van der Waals surface area (Å²) < 4.78 is 5.34. The molecule has 1 aliphatic heterocycles. The lowest BCUT2D eigenvalue weighted by molar-refractivity contribution is 0.122. The fraction of sp³-hybridized carbons (Fsp3) is 0.391. The Hall–Kier alpha value is -2.86. The number of nitrogens with zero attached hydrogens (tertiary/aromatic N) is 3. The van der Waals surface area contributed by atoms with Crippen LogP contribution < -0.4 is 4.90 Å². The molecule has 3 rings (SSSR count). The number of oxime groups is 2. The minimum Gasteiger partial charge on any atom is -0.399 e. The van der Waals surface area contributed by atoms with Gasteiger partial charge in [0.25, 0.3) is 0 Å². The first-order chi connectivity index (χ1) is 14.0. The van der Waals surface area contributed by atoms with Gasteiger partial charge in [0.05, 0.1) is 24.6 Å². The number of hydrogen-bond donors (Lipinski definition) is 0. The molecular formula is C23H31N3O3. The second kappa shape index (κ2) is 11.9. The first kappa shape index (κ1) is 22.4. The van der Waals surface area contributed by atoms with Crippen LogP contribution >= 0.6 is 0 Å². The predicted molar refractivity (Wildman–Crippen MR) is 119 cm³/mol. The van der Waals surface area contributed by atoms with Crippen molar-refractivity contribution in [3.8, 4) is 0 Å². The number of ether oxygens (including phenoxy) is 1. The van der Waals surface area contributed by atoms with Crippen molar-refractivity contribution in [1.29, 1.82) is 0 Å². The number of hydrogen-bond acceptors (Lipinski definition) is 6. The number of aryl methyl sites for hydroxylation is 1. The first-order valence-corrected chi connectivity index (χ1v) is 9.71. The molecule has 0 atom stereocenters. The minimum atomic E-state index is 0.811. The minimum absolute atomic E-state index is 0.811. The maximum atomic E-state index is 5.34. The number of morpholine rings is 1. The number of benzene rings is 2. The summed E-state index contributed by atoms with van der Waals surface area (Å²) in [4.78, 5) is 11.8. The Morgan fingerprint density at radius 3 is 2.00 bits per heavy atom. The van der Waals surface area contributed by atoms with E-state index in [1.54, 1.807) is 14.2 Å². The Labute approximate surface area is 173 Å². The highest BCUT2D eigenvalue weighted by Crippen LogP contribution is 2.17. The van der Waals surface area contributed by atoms with Crippen LogP contribution in [-0.4, -0.2) is 51.9 Å². The van der Waals surface area contributed by atoms with Crippen LogP contribution in [0.1, 0.15) is 30.5 Å². The standard InChI is InChI=1S/C13H18N2O2.C10H13NO/c1-11(14-16-2)12-3-5-13(6-4-12)15-7-9-17-10-8-15;1-8-5-4-6-10(7-8)9(2)11-12-3/h3-6H,7-10H2,1-2H3;4-7H,1-3H3/b14-11+;11-9+. The van der Waals surface area contributed by atoms with Crippen LogP contribution in [0, 0.1) is 6.92 Å². The highest BCUT2D eigenvalue weighted by molar-refractivity contribution is 5.99. The van der Waals surface area contributed by atoms with Gasteiger partial charge in [-0.1, -0.05) is 52.3 Å². The molecule has 0 spiro atoms. The number of anilines is 1. The summed E-state index contributed by atoms with van der Waals surface area (Å²) >= 11 is 0. The van der Waals surface area contributed by atoms with Crippen molar-refractivity contribution in [2.45, 2.75) is 20.8 Å². The Balaban J connectivity index is 0.000000221. The monoisotopic (exact) mass is 397 g/mol. The van der Waals surface area contributed by atoms with E-state index in [0.29, 0.717) is 0 Å². The summed E-state index contributed by atoms with van der Waals surface area (Å²) in [6.45, 7) is 9.47. The molecular weight excluding hydrogens is 366 g/mol. The van der Waals surface area contributed by atoms with Gasteiger partial charge < -0.3 is 19.3 Å². The Morgan fingerprint density at radius 2 is 1.45 bits per heavy atom. The van der Waals surface area contributed by atoms with Crippen LogP contribution in [0.4, 0.5) is 5.69 Å². The smallest absolute Gasteiger partial charge is 0.106 e. The SMILES string of the molecule is CO/N=C(\C)c1ccc(N2CCOCC2)cc1.CO/N=C(\C)c1cccc(C)c1. The van der Waals surface area contributed by atoms with Gasteiger partial charge in [-0.2, -0.15) is 0 Å². The van der Waals surface area contributed by atoms with E-state index in [2.05, 4.69) is 63.4 Å². The Bertz CT molecular complexity index is 810. The average molecular weight is 398 g/mol. The highest BCUT2D eigenvalue weighted by Gasteiger charge is 2.10. The topological polar surface area (TPSA) is 55.7 Å². The Kier molecular flexibility index (Phi) is 9.18. The van der Waals surface area contributed by atoms with Crippen LogP contribution in [0.5, 0.6) is 0 Å². The van der Waals surface area contributed by atoms with Crippen molar-refractivity contribution in [2.75, 3.05) is 45.4 Å². The van der Waals surface area contributed by atoms with Gasteiger partial charge in [0.2, 0.25) is 0 Å². The third kappa shape index (κ3) is 7.23. The summed E-state index contributed by atoms with van der Waals surface area (Å²) in [5.41, 5.74) is 6.46. The van der Waals surface area contributed by atoms with Crippen LogP contribution in [0.3, 0.4) is 0 Å². The molecule has 1 heterocycles. The largest absolute Gasteiger partial charge is 0.399 e. The van der Waals surface area contributed by atoms with E-state index < -0.39 is 0 Å². The van der Waals surface area contributed by atoms with E-state index in [9.17, 15) is 0 Å². The second-order valence-electron chi connectivity index (χ2n) is 6.73. The van der Waals surface area contributed by atoms with E-state index >= 15 is 0 Å². The molecule has 0 unspecified atom stereocenters. The van der Waals surface area contributed by atoms with Crippen molar-refractivity contribution >= 4 is 17.1 Å². The summed E-state index contributed by atoms with van der Waals surface area (Å²) in [6.07, 6.45) is 0. The highest BCUT2D eigenvalue weighted by atomic mass is 16.6. The van der Waals surface area contributed by atoms with Crippen LogP contribution in [0.2, 0.25) is 0 Å². The lowest BCUT2D eigenvalue weighted by Gasteiger charge is -2.28. The normalized spacial score (nSPS) is 14.7. The fourth-order valence-corrected chi connectivity index (χ4v) is 2.98. The third-order valence-corrected chi connectivity index (χ3v) is 4.55. The molecule has 0 N–H and O–H groups in total. The summed E-state index contributed by atoms with van der Waals surface area (Å²) in [7, 11) is 3.12. The van der Waals surface area contributed by atoms with Gasteiger partial charge in [-0.25, -0.2) is 0 Å². The molecule has 156 valence electrons. The second-order valence-corrected chi connectivity index (χ2v) is 6.73. The van der Waals surface area contributed by atoms with Gasteiger partial charge in [-0.15, -0.1) is 0 Å². The molecule has 1 aliphatic rings. The van der Waals surface area contributed by atoms with E-state index in [4.69, 9.17) is 9.57 Å². The van der Waals surface area contributed by atoms with Crippen molar-refractivity contribution < 1.29 is 14.4 Å². The summed E-state index contributed by atoms with van der Waals surface area (Å²) in [5.74, 6) is 0. The van der Waals surface area contributed by atoms with E-state index in [1.807, 2.05) is 26.0 Å². The molecule has 0 aliphatic carbocycles. The fourth-order valence-electron chi connectivity index (χ4n) is 2.98. The molecule has 0 amide bonds. The molecule has 1 fully saturated rings. The van der Waals surface area contributed by atoms with Crippen molar-refractivity contribution in [3.63, 3.8) is 0 Å². The molecule has 2 aromatic rings. The maximum absolute atomic E-state index is 5.34. The molecule has 6 heteroatoms. The predicted octanol–water partition coefficient (Wildman–Crippen LogP) is 4.26. The molecule has 0 saturated carbocycles. The lowest BCUT2D eigenvalue weighted by atomic mass is 10.1. The van der Waals surface area contributed by atoms with Gasteiger partial charge in [0.15, 0.2) is 0 Å². The van der Waals surface area contributed by atoms with Crippen LogP contribution in [0.25, 0.3) is 0 Å². The molecule has 1 saturated heterocycles. The van der Waals surface area contributed by atoms with E-state index in [-0.39, 0.29) is 0 Å². The third-order valence-electron chi connectivity index (χ3n) is 4.55. The van der Waals surface area contributed by atoms with Gasteiger partial charge in [-0.3, -0.25) is 0 Å². The van der Waals surface area contributed by atoms with Gasteiger partial charge in [-0.05, 0) is 44.0 Å². The van der Waals surface area contributed by atoms with E-state index in [0.717, 1.165) is 48.9 Å². The zero-order valence-electron chi connectivity index (χ0n) is 18.0. The molecule has 0 bridgehead atoms.